The van der Waals surface area contributed by atoms with E-state index in [9.17, 15) is 4.79 Å². The van der Waals surface area contributed by atoms with Crippen LogP contribution in [-0.4, -0.2) is 49.1 Å². The van der Waals surface area contributed by atoms with E-state index in [-0.39, 0.29) is 17.2 Å². The summed E-state index contributed by atoms with van der Waals surface area (Å²) in [6.07, 6.45) is 5.40. The largest absolute Gasteiger partial charge is 0.444 e. The van der Waals surface area contributed by atoms with Crippen LogP contribution in [0.15, 0.2) is 91.3 Å². The van der Waals surface area contributed by atoms with Gasteiger partial charge in [-0.15, -0.1) is 0 Å². The van der Waals surface area contributed by atoms with E-state index in [0.29, 0.717) is 13.2 Å². The Bertz CT molecular complexity index is 1180. The third-order valence-electron chi connectivity index (χ3n) is 6.68. The van der Waals surface area contributed by atoms with Crippen molar-refractivity contribution < 1.29 is 14.0 Å². The number of amides is 1. The molecule has 1 aliphatic rings. The minimum atomic E-state index is -2.75. The topological polar surface area (TPSA) is 51.7 Å². The normalized spacial score (nSPS) is 16.4. The third kappa shape index (κ3) is 5.86. The van der Waals surface area contributed by atoms with Crippen molar-refractivity contribution in [2.45, 2.75) is 58.2 Å². The second-order valence-corrected chi connectivity index (χ2v) is 15.9. The van der Waals surface area contributed by atoms with Crippen LogP contribution in [-0.2, 0) is 9.16 Å². The quantitative estimate of drug-likeness (QED) is 0.398. The monoisotopic (exact) mass is 514 g/mol. The molecule has 0 radical (unpaired) electrons. The summed E-state index contributed by atoms with van der Waals surface area (Å²) in [6, 6.07) is 24.8. The number of rotatable bonds is 6. The molecule has 0 N–H and O–H groups in total. The number of carbonyl (C=O) groups is 1. The summed E-state index contributed by atoms with van der Waals surface area (Å²) in [7, 11) is -2.75. The zero-order chi connectivity index (χ0) is 26.7. The molecule has 4 rings (SSSR count). The zero-order valence-electron chi connectivity index (χ0n) is 22.8. The van der Waals surface area contributed by atoms with Crippen LogP contribution in [0.1, 0.15) is 47.1 Å². The van der Waals surface area contributed by atoms with Gasteiger partial charge in [-0.2, -0.15) is 0 Å². The van der Waals surface area contributed by atoms with Gasteiger partial charge in [-0.3, -0.25) is 9.88 Å². The van der Waals surface area contributed by atoms with E-state index >= 15 is 0 Å². The van der Waals surface area contributed by atoms with E-state index in [2.05, 4.69) is 80.4 Å². The second-order valence-electron chi connectivity index (χ2n) is 11.6. The molecule has 0 aliphatic carbocycles. The minimum absolute atomic E-state index is 0.152. The Labute approximate surface area is 222 Å². The van der Waals surface area contributed by atoms with Crippen LogP contribution in [0.3, 0.4) is 0 Å². The van der Waals surface area contributed by atoms with E-state index in [4.69, 9.17) is 9.16 Å². The first-order chi connectivity index (χ1) is 17.5. The molecule has 194 valence electrons. The van der Waals surface area contributed by atoms with Gasteiger partial charge in [-0.1, -0.05) is 93.6 Å². The summed E-state index contributed by atoms with van der Waals surface area (Å²) in [5.74, 6) is 0. The lowest BCUT2D eigenvalue weighted by Gasteiger charge is -2.44. The van der Waals surface area contributed by atoms with Gasteiger partial charge in [0.25, 0.3) is 8.32 Å². The minimum Gasteiger partial charge on any atom is -0.444 e. The molecular weight excluding hydrogens is 476 g/mol. The maximum atomic E-state index is 13.3. The number of pyridine rings is 1. The van der Waals surface area contributed by atoms with Crippen LogP contribution >= 0.6 is 0 Å². The molecule has 2 aromatic carbocycles. The Kier molecular flexibility index (Phi) is 7.71. The molecule has 2 heterocycles. The lowest BCUT2D eigenvalue weighted by Crippen LogP contribution is -2.67. The molecular formula is C31H38N2O3Si. The first-order valence-electron chi connectivity index (χ1n) is 12.9. The summed E-state index contributed by atoms with van der Waals surface area (Å²) in [4.78, 5) is 19.4. The third-order valence-corrected chi connectivity index (χ3v) is 11.7. The van der Waals surface area contributed by atoms with Gasteiger partial charge in [0, 0.05) is 12.4 Å². The Morgan fingerprint density at radius 3 is 2.00 bits per heavy atom. The fourth-order valence-corrected chi connectivity index (χ4v) is 9.62. The molecule has 37 heavy (non-hydrogen) atoms. The lowest BCUT2D eigenvalue weighted by molar-refractivity contribution is 0.0207. The second kappa shape index (κ2) is 10.6. The first kappa shape index (κ1) is 26.8. The lowest BCUT2D eigenvalue weighted by atomic mass is 10.1. The first-order valence-corrected chi connectivity index (χ1v) is 14.8. The number of ether oxygens (including phenoxy) is 1. The number of benzene rings is 2. The zero-order valence-corrected chi connectivity index (χ0v) is 23.8. The van der Waals surface area contributed by atoms with Gasteiger partial charge in [-0.25, -0.2) is 4.79 Å². The van der Waals surface area contributed by atoms with Crippen molar-refractivity contribution in [3.63, 3.8) is 0 Å². The predicted molar refractivity (Wildman–Crippen MR) is 153 cm³/mol. The van der Waals surface area contributed by atoms with Crippen LogP contribution in [0, 0.1) is 0 Å². The van der Waals surface area contributed by atoms with Gasteiger partial charge in [0.2, 0.25) is 0 Å². The molecule has 5 nitrogen and oxygen atoms in total. The van der Waals surface area contributed by atoms with Gasteiger partial charge in [-0.05, 0) is 53.4 Å². The fourth-order valence-electron chi connectivity index (χ4n) is 5.05. The van der Waals surface area contributed by atoms with E-state index in [1.54, 1.807) is 11.1 Å². The fraction of sp³-hybridized carbons (Fsp3) is 0.355. The van der Waals surface area contributed by atoms with Gasteiger partial charge in [0.1, 0.15) is 5.60 Å². The highest BCUT2D eigenvalue weighted by Gasteiger charge is 2.51. The average Bonchev–Trinajstić information content (AvgIpc) is 3.29. The maximum absolute atomic E-state index is 13.3. The van der Waals surface area contributed by atoms with Crippen molar-refractivity contribution >= 4 is 30.4 Å². The van der Waals surface area contributed by atoms with Crippen molar-refractivity contribution in [2.24, 2.45) is 0 Å². The van der Waals surface area contributed by atoms with E-state index < -0.39 is 13.9 Å². The SMILES string of the molecule is CC(C)(C)OC(=O)N1CC(c2cccnc2)=C[C@H]1CO[Si](c1ccccc1)(c1ccccc1)C(C)(C)C. The highest BCUT2D eigenvalue weighted by atomic mass is 28.4. The van der Waals surface area contributed by atoms with Crippen LogP contribution in [0.2, 0.25) is 5.04 Å². The Hall–Kier alpha value is -3.22. The van der Waals surface area contributed by atoms with Gasteiger partial charge in [0.05, 0.1) is 19.2 Å². The molecule has 0 fully saturated rings. The number of carbonyl (C=O) groups excluding carboxylic acids is 1. The average molecular weight is 515 g/mol. The molecule has 0 bridgehead atoms. The van der Waals surface area contributed by atoms with Crippen LogP contribution in [0.25, 0.3) is 5.57 Å². The van der Waals surface area contributed by atoms with Gasteiger partial charge >= 0.3 is 6.09 Å². The molecule has 0 saturated heterocycles. The maximum Gasteiger partial charge on any atom is 0.411 e. The van der Waals surface area contributed by atoms with Crippen LogP contribution in [0.4, 0.5) is 4.79 Å². The molecule has 1 aliphatic heterocycles. The smallest absolute Gasteiger partial charge is 0.411 e. The van der Waals surface area contributed by atoms with Gasteiger partial charge in [0.15, 0.2) is 0 Å². The van der Waals surface area contributed by atoms with Gasteiger partial charge < -0.3 is 9.16 Å². The molecule has 0 saturated carbocycles. The molecule has 1 amide bonds. The van der Waals surface area contributed by atoms with Crippen molar-refractivity contribution in [3.05, 3.63) is 96.8 Å². The molecule has 3 aromatic rings. The van der Waals surface area contributed by atoms with E-state index in [1.807, 2.05) is 51.2 Å². The van der Waals surface area contributed by atoms with Crippen molar-refractivity contribution in [1.82, 2.24) is 9.88 Å². The van der Waals surface area contributed by atoms with Crippen molar-refractivity contribution in [3.8, 4) is 0 Å². The summed E-state index contributed by atoms with van der Waals surface area (Å²) in [5, 5.41) is 2.28. The Balaban J connectivity index is 1.74. The predicted octanol–water partition coefficient (Wildman–Crippen LogP) is 5.66. The molecule has 1 aromatic heterocycles. The van der Waals surface area contributed by atoms with E-state index in [1.165, 1.54) is 10.4 Å². The molecule has 1 atom stereocenters. The molecule has 0 spiro atoms. The summed E-state index contributed by atoms with van der Waals surface area (Å²) < 4.78 is 13.0. The number of hydrogen-bond acceptors (Lipinski definition) is 4. The van der Waals surface area contributed by atoms with Crippen LogP contribution < -0.4 is 10.4 Å². The molecule has 6 heteroatoms. The Morgan fingerprint density at radius 1 is 0.919 bits per heavy atom. The standard InChI is InChI=1S/C31H38N2O3Si/c1-30(2,3)36-29(34)33-22-25(24-14-13-19-32-21-24)20-26(33)23-35-37(31(4,5)6,27-15-9-7-10-16-27)28-17-11-8-12-18-28/h7-21,26H,22-23H2,1-6H3/t26-/m0/s1. The van der Waals surface area contributed by atoms with Crippen LogP contribution in [0.5, 0.6) is 0 Å². The Morgan fingerprint density at radius 2 is 1.51 bits per heavy atom. The summed E-state index contributed by atoms with van der Waals surface area (Å²) >= 11 is 0. The highest BCUT2D eigenvalue weighted by Crippen LogP contribution is 2.37. The summed E-state index contributed by atoms with van der Waals surface area (Å²) in [6.45, 7) is 13.3. The number of aromatic nitrogens is 1. The summed E-state index contributed by atoms with van der Waals surface area (Å²) in [5.41, 5.74) is 1.47. The highest BCUT2D eigenvalue weighted by molar-refractivity contribution is 6.99. The molecule has 0 unspecified atom stereocenters. The van der Waals surface area contributed by atoms with Crippen molar-refractivity contribution in [2.75, 3.05) is 13.2 Å². The van der Waals surface area contributed by atoms with Crippen molar-refractivity contribution in [1.29, 1.82) is 0 Å². The van der Waals surface area contributed by atoms with E-state index in [0.717, 1.165) is 11.1 Å². The number of hydrogen-bond donors (Lipinski definition) is 0. The number of nitrogens with zero attached hydrogens (tertiary/aromatic N) is 2.